The maximum Gasteiger partial charge on any atom is 0.311 e. The quantitative estimate of drug-likeness (QED) is 0.907. The van der Waals surface area contributed by atoms with Gasteiger partial charge in [-0.2, -0.15) is 0 Å². The smallest absolute Gasteiger partial charge is 0.311 e. The number of carbonyl (C=O) groups is 2. The molecule has 0 aliphatic carbocycles. The van der Waals surface area contributed by atoms with Crippen molar-refractivity contribution in [2.45, 2.75) is 32.6 Å². The third kappa shape index (κ3) is 3.93. The molecule has 1 aromatic rings. The minimum absolute atomic E-state index is 0.0155. The molecule has 1 N–H and O–H groups in total. The van der Waals surface area contributed by atoms with E-state index >= 15 is 0 Å². The van der Waals surface area contributed by atoms with Gasteiger partial charge in [-0.05, 0) is 43.9 Å². The van der Waals surface area contributed by atoms with Crippen LogP contribution in [0.2, 0.25) is 10.0 Å². The van der Waals surface area contributed by atoms with Crippen LogP contribution in [0.25, 0.3) is 0 Å². The molecule has 120 valence electrons. The summed E-state index contributed by atoms with van der Waals surface area (Å²) in [6.45, 7) is 2.61. The van der Waals surface area contributed by atoms with Crippen molar-refractivity contribution in [1.82, 2.24) is 4.90 Å². The molecule has 1 unspecified atom stereocenters. The second kappa shape index (κ2) is 6.88. The Hall–Kier alpha value is -1.26. The summed E-state index contributed by atoms with van der Waals surface area (Å²) in [4.78, 5) is 25.3. The lowest BCUT2D eigenvalue weighted by Crippen LogP contribution is -2.48. The lowest BCUT2D eigenvalue weighted by atomic mass is 9.82. The molecule has 1 fully saturated rings. The molecule has 1 aliphatic heterocycles. The molecule has 0 aromatic heterocycles. The zero-order chi connectivity index (χ0) is 16.3. The van der Waals surface area contributed by atoms with Crippen molar-refractivity contribution in [3.05, 3.63) is 33.8 Å². The molecule has 22 heavy (non-hydrogen) atoms. The van der Waals surface area contributed by atoms with Crippen LogP contribution >= 0.6 is 23.2 Å². The summed E-state index contributed by atoms with van der Waals surface area (Å²) in [5.41, 5.74) is 0.109. The molecule has 0 radical (unpaired) electrons. The summed E-state index contributed by atoms with van der Waals surface area (Å²) < 4.78 is 0. The van der Waals surface area contributed by atoms with E-state index in [1.54, 1.807) is 24.0 Å². The Morgan fingerprint density at radius 2 is 2.05 bits per heavy atom. The molecule has 0 saturated carbocycles. The molecular formula is C16H19Cl2NO3. The maximum absolute atomic E-state index is 12.3. The van der Waals surface area contributed by atoms with Gasteiger partial charge in [0, 0.05) is 19.5 Å². The Labute approximate surface area is 140 Å². The van der Waals surface area contributed by atoms with Crippen molar-refractivity contribution in [1.29, 1.82) is 0 Å². The molecule has 2 rings (SSSR count). The van der Waals surface area contributed by atoms with Crippen LogP contribution in [0.4, 0.5) is 0 Å². The van der Waals surface area contributed by atoms with Gasteiger partial charge in [0.25, 0.3) is 0 Å². The molecule has 6 heteroatoms. The Bertz CT molecular complexity index is 591. The molecule has 1 atom stereocenters. The average Bonchev–Trinajstić information content (AvgIpc) is 2.48. The van der Waals surface area contributed by atoms with Gasteiger partial charge in [0.2, 0.25) is 5.91 Å². The molecule has 4 nitrogen and oxygen atoms in total. The number of hydrogen-bond acceptors (Lipinski definition) is 2. The van der Waals surface area contributed by atoms with E-state index in [1.165, 1.54) is 0 Å². The summed E-state index contributed by atoms with van der Waals surface area (Å²) >= 11 is 11.8. The Balaban J connectivity index is 1.94. The highest BCUT2D eigenvalue weighted by molar-refractivity contribution is 6.42. The minimum atomic E-state index is -0.838. The lowest BCUT2D eigenvalue weighted by Gasteiger charge is -2.37. The largest absolute Gasteiger partial charge is 0.481 e. The summed E-state index contributed by atoms with van der Waals surface area (Å²) in [6, 6.07) is 5.32. The van der Waals surface area contributed by atoms with Gasteiger partial charge in [0.1, 0.15) is 0 Å². The van der Waals surface area contributed by atoms with Crippen LogP contribution < -0.4 is 0 Å². The molecule has 1 aliphatic rings. The topological polar surface area (TPSA) is 57.6 Å². The highest BCUT2D eigenvalue weighted by atomic mass is 35.5. The van der Waals surface area contributed by atoms with E-state index in [2.05, 4.69) is 0 Å². The molecule has 1 saturated heterocycles. The Morgan fingerprint density at radius 1 is 1.32 bits per heavy atom. The zero-order valence-electron chi connectivity index (χ0n) is 12.4. The SMILES string of the molecule is CC1(C(=O)O)CCCN(C(=O)CCc2ccc(Cl)c(Cl)c2)C1. The summed E-state index contributed by atoms with van der Waals surface area (Å²) in [6.07, 6.45) is 2.24. The van der Waals surface area contributed by atoms with Crippen molar-refractivity contribution < 1.29 is 14.7 Å². The van der Waals surface area contributed by atoms with Crippen LogP contribution in [0.3, 0.4) is 0 Å². The number of piperidine rings is 1. The molecule has 1 aromatic carbocycles. The highest BCUT2D eigenvalue weighted by Gasteiger charge is 2.39. The number of carbonyl (C=O) groups excluding carboxylic acids is 1. The molecular weight excluding hydrogens is 325 g/mol. The number of aryl methyl sites for hydroxylation is 1. The van der Waals surface area contributed by atoms with Crippen molar-refractivity contribution in [3.8, 4) is 0 Å². The van der Waals surface area contributed by atoms with Crippen LogP contribution in [-0.4, -0.2) is 35.0 Å². The predicted molar refractivity (Wildman–Crippen MR) is 86.3 cm³/mol. The highest BCUT2D eigenvalue weighted by Crippen LogP contribution is 2.30. The van der Waals surface area contributed by atoms with Crippen LogP contribution in [0.1, 0.15) is 31.7 Å². The number of amides is 1. The van der Waals surface area contributed by atoms with Gasteiger partial charge in [-0.1, -0.05) is 29.3 Å². The Morgan fingerprint density at radius 3 is 2.68 bits per heavy atom. The van der Waals surface area contributed by atoms with Gasteiger partial charge >= 0.3 is 5.97 Å². The van der Waals surface area contributed by atoms with Gasteiger partial charge in [0.05, 0.1) is 15.5 Å². The fraction of sp³-hybridized carbons (Fsp3) is 0.500. The first-order valence-electron chi connectivity index (χ1n) is 7.27. The summed E-state index contributed by atoms with van der Waals surface area (Å²) in [5, 5.41) is 10.3. The molecule has 0 bridgehead atoms. The second-order valence-electron chi connectivity index (χ2n) is 6.03. The van der Waals surface area contributed by atoms with Crippen molar-refractivity contribution in [2.24, 2.45) is 5.41 Å². The monoisotopic (exact) mass is 343 g/mol. The number of benzene rings is 1. The summed E-state index contributed by atoms with van der Waals surface area (Å²) in [7, 11) is 0. The first-order valence-corrected chi connectivity index (χ1v) is 8.02. The predicted octanol–water partition coefficient (Wildman–Crippen LogP) is 3.64. The second-order valence-corrected chi connectivity index (χ2v) is 6.85. The van der Waals surface area contributed by atoms with Crippen LogP contribution in [-0.2, 0) is 16.0 Å². The number of halogens is 2. The Kier molecular flexibility index (Phi) is 5.35. The zero-order valence-corrected chi connectivity index (χ0v) is 14.0. The van der Waals surface area contributed by atoms with E-state index < -0.39 is 11.4 Å². The number of nitrogens with zero attached hydrogens (tertiary/aromatic N) is 1. The van der Waals surface area contributed by atoms with E-state index in [1.807, 2.05) is 6.07 Å². The number of rotatable bonds is 4. The van der Waals surface area contributed by atoms with E-state index in [9.17, 15) is 14.7 Å². The van der Waals surface area contributed by atoms with Gasteiger partial charge < -0.3 is 10.0 Å². The average molecular weight is 344 g/mol. The molecule has 0 spiro atoms. The number of aliphatic carboxylic acids is 1. The maximum atomic E-state index is 12.3. The first kappa shape index (κ1) is 17.1. The van der Waals surface area contributed by atoms with Crippen molar-refractivity contribution in [2.75, 3.05) is 13.1 Å². The van der Waals surface area contributed by atoms with Gasteiger partial charge in [-0.3, -0.25) is 9.59 Å². The number of carboxylic acids is 1. The van der Waals surface area contributed by atoms with Crippen LogP contribution in [0, 0.1) is 5.41 Å². The standard InChI is InChI=1S/C16H19Cl2NO3/c1-16(15(21)22)7-2-8-19(10-16)14(20)6-4-11-3-5-12(17)13(18)9-11/h3,5,9H,2,4,6-8,10H2,1H3,(H,21,22). The van der Waals surface area contributed by atoms with E-state index in [4.69, 9.17) is 23.2 Å². The number of carboxylic acid groups (broad SMARTS) is 1. The van der Waals surface area contributed by atoms with Gasteiger partial charge in [-0.25, -0.2) is 0 Å². The van der Waals surface area contributed by atoms with Gasteiger partial charge in [-0.15, -0.1) is 0 Å². The number of hydrogen-bond donors (Lipinski definition) is 1. The van der Waals surface area contributed by atoms with Crippen LogP contribution in [0.5, 0.6) is 0 Å². The lowest BCUT2D eigenvalue weighted by molar-refractivity contribution is -0.153. The van der Waals surface area contributed by atoms with E-state index in [-0.39, 0.29) is 12.5 Å². The third-order valence-corrected chi connectivity index (χ3v) is 4.92. The fourth-order valence-electron chi connectivity index (χ4n) is 2.73. The first-order chi connectivity index (χ1) is 10.3. The van der Waals surface area contributed by atoms with Crippen molar-refractivity contribution >= 4 is 35.1 Å². The summed E-state index contributed by atoms with van der Waals surface area (Å²) in [5.74, 6) is -0.854. The third-order valence-electron chi connectivity index (χ3n) is 4.18. The van der Waals surface area contributed by atoms with Gasteiger partial charge in [0.15, 0.2) is 0 Å². The van der Waals surface area contributed by atoms with E-state index in [0.29, 0.717) is 35.9 Å². The minimum Gasteiger partial charge on any atom is -0.481 e. The molecule has 1 amide bonds. The van der Waals surface area contributed by atoms with Crippen LogP contribution in [0.15, 0.2) is 18.2 Å². The van der Waals surface area contributed by atoms with E-state index in [0.717, 1.165) is 12.0 Å². The fourth-order valence-corrected chi connectivity index (χ4v) is 3.05. The normalized spacial score (nSPS) is 21.7. The van der Waals surface area contributed by atoms with Crippen molar-refractivity contribution in [3.63, 3.8) is 0 Å². The molecule has 1 heterocycles. The number of likely N-dealkylation sites (tertiary alicyclic amines) is 1.